The fraction of sp³-hybridized carbons (Fsp3) is 0.889. The molecule has 3 heterocycles. The summed E-state index contributed by atoms with van der Waals surface area (Å²) < 4.78 is 11.3. The van der Waals surface area contributed by atoms with Crippen molar-refractivity contribution >= 4 is 12.0 Å². The molecule has 3 aliphatic heterocycles. The second-order valence-electron chi connectivity index (χ2n) is 7.42. The molecular weight excluding hydrogens is 322 g/mol. The zero-order chi connectivity index (χ0) is 17.7. The first kappa shape index (κ1) is 18.5. The molecule has 1 atom stereocenters. The summed E-state index contributed by atoms with van der Waals surface area (Å²) in [4.78, 5) is 28.4. The van der Waals surface area contributed by atoms with Gasteiger partial charge < -0.3 is 24.6 Å². The maximum absolute atomic E-state index is 12.5. The van der Waals surface area contributed by atoms with E-state index in [0.29, 0.717) is 32.8 Å². The number of ether oxygens (including phenoxy) is 2. The van der Waals surface area contributed by atoms with E-state index in [4.69, 9.17) is 9.47 Å². The van der Waals surface area contributed by atoms with Crippen LogP contribution in [-0.2, 0) is 14.3 Å². The summed E-state index contributed by atoms with van der Waals surface area (Å²) in [5.41, 5.74) is -0.399. The van der Waals surface area contributed by atoms with Crippen LogP contribution in [0.5, 0.6) is 0 Å². The summed E-state index contributed by atoms with van der Waals surface area (Å²) in [7, 11) is 0. The van der Waals surface area contributed by atoms with E-state index in [2.05, 4.69) is 12.2 Å². The Morgan fingerprint density at radius 1 is 1.28 bits per heavy atom. The van der Waals surface area contributed by atoms with Crippen LogP contribution in [0, 0.1) is 0 Å². The lowest BCUT2D eigenvalue weighted by atomic mass is 9.91. The molecule has 25 heavy (non-hydrogen) atoms. The number of likely N-dealkylation sites (tertiary alicyclic amines) is 1. The maximum Gasteiger partial charge on any atom is 0.410 e. The van der Waals surface area contributed by atoms with Gasteiger partial charge in [0.15, 0.2) is 0 Å². The van der Waals surface area contributed by atoms with E-state index in [-0.39, 0.29) is 18.1 Å². The van der Waals surface area contributed by atoms with E-state index in [1.165, 1.54) is 12.8 Å². The van der Waals surface area contributed by atoms with Gasteiger partial charge in [-0.1, -0.05) is 26.2 Å². The Balaban J connectivity index is 1.46. The highest BCUT2D eigenvalue weighted by Crippen LogP contribution is 2.33. The van der Waals surface area contributed by atoms with Gasteiger partial charge in [-0.05, 0) is 6.42 Å². The summed E-state index contributed by atoms with van der Waals surface area (Å²) in [6.45, 7) is 6.87. The first-order chi connectivity index (χ1) is 12.1. The molecule has 2 amide bonds. The van der Waals surface area contributed by atoms with Gasteiger partial charge in [0.25, 0.3) is 5.91 Å². The molecule has 7 nitrogen and oxygen atoms in total. The van der Waals surface area contributed by atoms with Crippen molar-refractivity contribution in [3.05, 3.63) is 0 Å². The number of piperidine rings is 1. The van der Waals surface area contributed by atoms with Crippen molar-refractivity contribution in [2.75, 3.05) is 45.9 Å². The van der Waals surface area contributed by atoms with Crippen LogP contribution in [0.4, 0.5) is 4.79 Å². The highest BCUT2D eigenvalue weighted by molar-refractivity contribution is 5.81. The largest absolute Gasteiger partial charge is 0.441 e. The standard InChI is InChI=1S/C18H31N3O4/c1-2-3-4-5-9-21-14-18(25-17(21)23)6-10-20(11-7-18)16(22)15-13-19-8-12-24-15/h15,19H,2-14H2,1H3. The normalized spacial score (nSPS) is 26.1. The van der Waals surface area contributed by atoms with Gasteiger partial charge in [-0.25, -0.2) is 4.79 Å². The second kappa shape index (κ2) is 8.36. The zero-order valence-electron chi connectivity index (χ0n) is 15.3. The molecule has 0 radical (unpaired) electrons. The summed E-state index contributed by atoms with van der Waals surface area (Å²) >= 11 is 0. The van der Waals surface area contributed by atoms with Crippen molar-refractivity contribution in [2.24, 2.45) is 0 Å². The fourth-order valence-electron chi connectivity index (χ4n) is 3.92. The smallest absolute Gasteiger partial charge is 0.410 e. The first-order valence-electron chi connectivity index (χ1n) is 9.72. The van der Waals surface area contributed by atoms with Gasteiger partial charge in [-0.15, -0.1) is 0 Å². The number of nitrogens with zero attached hydrogens (tertiary/aromatic N) is 2. The van der Waals surface area contributed by atoms with Crippen molar-refractivity contribution < 1.29 is 19.1 Å². The van der Waals surface area contributed by atoms with Crippen molar-refractivity contribution in [3.63, 3.8) is 0 Å². The van der Waals surface area contributed by atoms with Crippen LogP contribution in [0.1, 0.15) is 45.4 Å². The highest BCUT2D eigenvalue weighted by Gasteiger charge is 2.47. The van der Waals surface area contributed by atoms with E-state index in [9.17, 15) is 9.59 Å². The lowest BCUT2D eigenvalue weighted by Crippen LogP contribution is -2.54. The van der Waals surface area contributed by atoms with Crippen LogP contribution in [0.25, 0.3) is 0 Å². The molecule has 3 fully saturated rings. The van der Waals surface area contributed by atoms with Gasteiger partial charge in [0.05, 0.1) is 13.2 Å². The molecule has 0 saturated carbocycles. The molecule has 3 rings (SSSR count). The van der Waals surface area contributed by atoms with Gasteiger partial charge in [-0.3, -0.25) is 4.79 Å². The predicted molar refractivity (Wildman–Crippen MR) is 93.4 cm³/mol. The fourth-order valence-corrected chi connectivity index (χ4v) is 3.92. The van der Waals surface area contributed by atoms with Gasteiger partial charge in [0.2, 0.25) is 0 Å². The number of hydrogen-bond acceptors (Lipinski definition) is 5. The maximum atomic E-state index is 12.5. The van der Waals surface area contributed by atoms with Crippen molar-refractivity contribution in [2.45, 2.75) is 57.2 Å². The Hall–Kier alpha value is -1.34. The predicted octanol–water partition coefficient (Wildman–Crippen LogP) is 1.37. The topological polar surface area (TPSA) is 71.1 Å². The van der Waals surface area contributed by atoms with Crippen LogP contribution < -0.4 is 5.32 Å². The number of carbonyl (C=O) groups is 2. The Kier molecular flexibility index (Phi) is 6.17. The van der Waals surface area contributed by atoms with Crippen LogP contribution in [0.2, 0.25) is 0 Å². The molecule has 7 heteroatoms. The molecule has 3 aliphatic rings. The number of amides is 2. The Labute approximate surface area is 150 Å². The highest BCUT2D eigenvalue weighted by atomic mass is 16.6. The van der Waals surface area contributed by atoms with Crippen LogP contribution >= 0.6 is 0 Å². The summed E-state index contributed by atoms with van der Waals surface area (Å²) in [5.74, 6) is 0.0581. The molecule has 3 saturated heterocycles. The van der Waals surface area contributed by atoms with Crippen LogP contribution in [-0.4, -0.2) is 79.4 Å². The Morgan fingerprint density at radius 3 is 2.76 bits per heavy atom. The van der Waals surface area contributed by atoms with Gasteiger partial charge >= 0.3 is 6.09 Å². The molecule has 0 aromatic heterocycles. The average molecular weight is 353 g/mol. The average Bonchev–Trinajstić information content (AvgIpc) is 2.95. The summed E-state index contributed by atoms with van der Waals surface area (Å²) in [5, 5.41) is 3.19. The minimum absolute atomic E-state index is 0.0581. The van der Waals surface area contributed by atoms with E-state index in [1.807, 2.05) is 9.80 Å². The number of morpholine rings is 1. The minimum atomic E-state index is -0.399. The SMILES string of the molecule is CCCCCCN1CC2(CCN(C(=O)C3CNCCO3)CC2)OC1=O. The molecule has 142 valence electrons. The lowest BCUT2D eigenvalue weighted by molar-refractivity contribution is -0.148. The molecule has 0 aromatic rings. The monoisotopic (exact) mass is 353 g/mol. The van der Waals surface area contributed by atoms with Gasteiger partial charge in [0, 0.05) is 45.6 Å². The van der Waals surface area contributed by atoms with Crippen LogP contribution in [0.15, 0.2) is 0 Å². The van der Waals surface area contributed by atoms with E-state index < -0.39 is 5.60 Å². The Bertz CT molecular complexity index is 471. The number of rotatable bonds is 6. The summed E-state index contributed by atoms with van der Waals surface area (Å²) in [6.07, 6.45) is 5.48. The van der Waals surface area contributed by atoms with E-state index >= 15 is 0 Å². The summed E-state index contributed by atoms with van der Waals surface area (Å²) in [6, 6.07) is 0. The number of unbranched alkanes of at least 4 members (excludes halogenated alkanes) is 3. The molecule has 1 unspecified atom stereocenters. The molecule has 0 bridgehead atoms. The third kappa shape index (κ3) is 4.44. The van der Waals surface area contributed by atoms with E-state index in [0.717, 1.165) is 38.8 Å². The second-order valence-corrected chi connectivity index (χ2v) is 7.42. The van der Waals surface area contributed by atoms with Gasteiger partial charge in [-0.2, -0.15) is 0 Å². The third-order valence-corrected chi connectivity index (χ3v) is 5.51. The molecule has 0 aromatic carbocycles. The van der Waals surface area contributed by atoms with Crippen molar-refractivity contribution in [3.8, 4) is 0 Å². The zero-order valence-corrected chi connectivity index (χ0v) is 15.3. The van der Waals surface area contributed by atoms with Crippen molar-refractivity contribution in [1.82, 2.24) is 15.1 Å². The number of hydrogen-bond donors (Lipinski definition) is 1. The molecular formula is C18H31N3O4. The number of nitrogens with one attached hydrogen (secondary N) is 1. The third-order valence-electron chi connectivity index (χ3n) is 5.51. The lowest BCUT2D eigenvalue weighted by Gasteiger charge is -2.39. The van der Waals surface area contributed by atoms with Gasteiger partial charge in [0.1, 0.15) is 11.7 Å². The molecule has 1 spiro atoms. The first-order valence-corrected chi connectivity index (χ1v) is 9.72. The number of carbonyl (C=O) groups excluding carboxylic acids is 2. The van der Waals surface area contributed by atoms with E-state index in [1.54, 1.807) is 0 Å². The molecule has 0 aliphatic carbocycles. The quantitative estimate of drug-likeness (QED) is 0.730. The van der Waals surface area contributed by atoms with Crippen LogP contribution in [0.3, 0.4) is 0 Å². The Morgan fingerprint density at radius 2 is 2.08 bits per heavy atom. The minimum Gasteiger partial charge on any atom is -0.441 e. The van der Waals surface area contributed by atoms with Crippen molar-refractivity contribution in [1.29, 1.82) is 0 Å². The molecule has 1 N–H and O–H groups in total.